The molecule has 7 heteroatoms. The van der Waals surface area contributed by atoms with E-state index in [4.69, 9.17) is 4.74 Å². The molecule has 0 spiro atoms. The van der Waals surface area contributed by atoms with Crippen LogP contribution in [0.1, 0.15) is 38.2 Å². The molecule has 1 saturated heterocycles. The number of nitrogens with zero attached hydrogens (tertiary/aromatic N) is 2. The third-order valence-electron chi connectivity index (χ3n) is 3.75. The minimum atomic E-state index is -0.739. The highest BCUT2D eigenvalue weighted by Gasteiger charge is 2.22. The zero-order chi connectivity index (χ0) is 17.4. The molecule has 2 N–H and O–H groups in total. The molecule has 1 heterocycles. The topological polar surface area (TPSA) is 91.2 Å². The summed E-state index contributed by atoms with van der Waals surface area (Å²) in [5.74, 6) is -0.908. The number of hydrogen-bond donors (Lipinski definition) is 2. The zero-order valence-corrected chi connectivity index (χ0v) is 13.8. The van der Waals surface area contributed by atoms with E-state index < -0.39 is 11.8 Å². The lowest BCUT2D eigenvalue weighted by molar-refractivity contribution is -0.145. The van der Waals surface area contributed by atoms with Crippen LogP contribution in [0.4, 0.5) is 0 Å². The molecule has 0 saturated carbocycles. The third-order valence-corrected chi connectivity index (χ3v) is 3.75. The normalized spacial score (nSPS) is 15.1. The lowest BCUT2D eigenvalue weighted by Gasteiger charge is -2.18. The molecule has 0 atom stereocenters. The van der Waals surface area contributed by atoms with Crippen molar-refractivity contribution in [2.75, 3.05) is 19.7 Å². The van der Waals surface area contributed by atoms with Crippen LogP contribution in [-0.2, 0) is 9.59 Å². The van der Waals surface area contributed by atoms with Gasteiger partial charge in [0.1, 0.15) is 0 Å². The first-order valence-electron chi connectivity index (χ1n) is 8.20. The number of ether oxygens (including phenoxy) is 1. The fourth-order valence-corrected chi connectivity index (χ4v) is 2.51. The molecule has 7 nitrogen and oxygen atoms in total. The van der Waals surface area contributed by atoms with Crippen molar-refractivity contribution in [2.45, 2.75) is 32.6 Å². The Kier molecular flexibility index (Phi) is 6.60. The van der Waals surface area contributed by atoms with E-state index in [0.29, 0.717) is 31.0 Å². The number of phenols is 1. The summed E-state index contributed by atoms with van der Waals surface area (Å²) in [6, 6.07) is 4.71. The highest BCUT2D eigenvalue weighted by molar-refractivity contribution is 6.35. The van der Waals surface area contributed by atoms with Crippen LogP contribution in [0.5, 0.6) is 11.5 Å². The Morgan fingerprint density at radius 3 is 2.67 bits per heavy atom. The number of likely N-dealkylation sites (tertiary alicyclic amines) is 1. The van der Waals surface area contributed by atoms with E-state index in [1.54, 1.807) is 17.0 Å². The second-order valence-corrected chi connectivity index (χ2v) is 5.57. The number of aromatic hydroxyl groups is 1. The molecular formula is C17H23N3O4. The quantitative estimate of drug-likeness (QED) is 0.498. The van der Waals surface area contributed by atoms with E-state index in [2.05, 4.69) is 10.5 Å². The predicted molar refractivity (Wildman–Crippen MR) is 90.1 cm³/mol. The van der Waals surface area contributed by atoms with Crippen LogP contribution in [-0.4, -0.2) is 47.7 Å². The smallest absolute Gasteiger partial charge is 0.329 e. The van der Waals surface area contributed by atoms with Crippen molar-refractivity contribution in [2.24, 2.45) is 5.10 Å². The van der Waals surface area contributed by atoms with Crippen molar-refractivity contribution in [3.05, 3.63) is 23.8 Å². The van der Waals surface area contributed by atoms with Crippen LogP contribution in [0.25, 0.3) is 0 Å². The summed E-state index contributed by atoms with van der Waals surface area (Å²) in [5, 5.41) is 13.4. The number of carbonyl (C=O) groups excluding carboxylic acids is 2. The maximum absolute atomic E-state index is 12.1. The van der Waals surface area contributed by atoms with Crippen molar-refractivity contribution < 1.29 is 19.4 Å². The minimum Gasteiger partial charge on any atom is -0.504 e. The summed E-state index contributed by atoms with van der Waals surface area (Å²) < 4.78 is 5.27. The fourth-order valence-electron chi connectivity index (χ4n) is 2.51. The van der Waals surface area contributed by atoms with Crippen molar-refractivity contribution in [3.8, 4) is 11.5 Å². The molecule has 1 aromatic carbocycles. The number of benzene rings is 1. The van der Waals surface area contributed by atoms with Gasteiger partial charge in [0.05, 0.1) is 12.8 Å². The summed E-state index contributed by atoms with van der Waals surface area (Å²) in [7, 11) is 0. The summed E-state index contributed by atoms with van der Waals surface area (Å²) >= 11 is 0. The van der Waals surface area contributed by atoms with Gasteiger partial charge in [-0.2, -0.15) is 5.10 Å². The van der Waals surface area contributed by atoms with E-state index in [0.717, 1.165) is 25.7 Å². The van der Waals surface area contributed by atoms with E-state index >= 15 is 0 Å². The van der Waals surface area contributed by atoms with Gasteiger partial charge in [0.25, 0.3) is 0 Å². The van der Waals surface area contributed by atoms with Gasteiger partial charge in [-0.3, -0.25) is 9.59 Å². The fraction of sp³-hybridized carbons (Fsp3) is 0.471. The molecular weight excluding hydrogens is 310 g/mol. The van der Waals surface area contributed by atoms with Crippen molar-refractivity contribution in [3.63, 3.8) is 0 Å². The summed E-state index contributed by atoms with van der Waals surface area (Å²) in [5.41, 5.74) is 2.89. The molecule has 1 fully saturated rings. The van der Waals surface area contributed by atoms with Gasteiger partial charge in [0.15, 0.2) is 11.5 Å². The number of nitrogens with one attached hydrogen (secondary N) is 1. The zero-order valence-electron chi connectivity index (χ0n) is 13.8. The first-order chi connectivity index (χ1) is 11.6. The van der Waals surface area contributed by atoms with E-state index in [1.807, 2.05) is 6.92 Å². The molecule has 0 aromatic heterocycles. The summed E-state index contributed by atoms with van der Waals surface area (Å²) in [6.45, 7) is 3.47. The lowest BCUT2D eigenvalue weighted by Crippen LogP contribution is -2.41. The molecule has 0 aliphatic carbocycles. The second kappa shape index (κ2) is 8.90. The molecule has 1 aliphatic rings. The molecule has 1 aromatic rings. The first kappa shape index (κ1) is 17.8. The number of carbonyl (C=O) groups is 2. The first-order valence-corrected chi connectivity index (χ1v) is 8.20. The van der Waals surface area contributed by atoms with Gasteiger partial charge in [-0.1, -0.05) is 12.8 Å². The Balaban J connectivity index is 1.91. The largest absolute Gasteiger partial charge is 0.504 e. The number of rotatable bonds is 4. The predicted octanol–water partition coefficient (Wildman–Crippen LogP) is 1.64. The van der Waals surface area contributed by atoms with Crippen molar-refractivity contribution >= 4 is 18.0 Å². The molecule has 1 aliphatic heterocycles. The second-order valence-electron chi connectivity index (χ2n) is 5.57. The van der Waals surface area contributed by atoms with Gasteiger partial charge in [-0.05, 0) is 43.5 Å². The van der Waals surface area contributed by atoms with E-state index in [1.165, 1.54) is 12.3 Å². The highest BCUT2D eigenvalue weighted by Crippen LogP contribution is 2.26. The number of hydrogen-bond acceptors (Lipinski definition) is 5. The van der Waals surface area contributed by atoms with Gasteiger partial charge in [-0.15, -0.1) is 0 Å². The highest BCUT2D eigenvalue weighted by atomic mass is 16.5. The molecule has 0 radical (unpaired) electrons. The Labute approximate surface area is 141 Å². The Bertz CT molecular complexity index is 608. The van der Waals surface area contributed by atoms with E-state index in [9.17, 15) is 14.7 Å². The lowest BCUT2D eigenvalue weighted by atomic mass is 10.2. The molecule has 24 heavy (non-hydrogen) atoms. The maximum atomic E-state index is 12.1. The Hall–Kier alpha value is -2.57. The van der Waals surface area contributed by atoms with Gasteiger partial charge >= 0.3 is 11.8 Å². The standard InChI is InChI=1S/C17H23N3O4/c1-2-24-15-11-13(7-8-14(15)21)12-18-19-16(22)17(23)20-9-5-3-4-6-10-20/h7-8,11-12,21H,2-6,9-10H2,1H3,(H,19,22)/b18-12-. The van der Waals surface area contributed by atoms with Crippen LogP contribution < -0.4 is 10.2 Å². The van der Waals surface area contributed by atoms with Crippen LogP contribution in [0.15, 0.2) is 23.3 Å². The van der Waals surface area contributed by atoms with Crippen molar-refractivity contribution in [1.82, 2.24) is 10.3 Å². The van der Waals surface area contributed by atoms with Gasteiger partial charge < -0.3 is 14.7 Å². The van der Waals surface area contributed by atoms with Crippen LogP contribution in [0, 0.1) is 0 Å². The van der Waals surface area contributed by atoms with Gasteiger partial charge in [-0.25, -0.2) is 5.43 Å². The third kappa shape index (κ3) is 4.97. The number of amides is 2. The molecule has 2 amide bonds. The summed E-state index contributed by atoms with van der Waals surface area (Å²) in [4.78, 5) is 25.5. The molecule has 2 rings (SSSR count). The van der Waals surface area contributed by atoms with Crippen molar-refractivity contribution in [1.29, 1.82) is 0 Å². The molecule has 0 unspecified atom stereocenters. The number of phenolic OH excluding ortho intramolecular Hbond substituents is 1. The van der Waals surface area contributed by atoms with Gasteiger partial charge in [0.2, 0.25) is 0 Å². The van der Waals surface area contributed by atoms with E-state index in [-0.39, 0.29) is 5.75 Å². The Morgan fingerprint density at radius 1 is 1.29 bits per heavy atom. The average molecular weight is 333 g/mol. The monoisotopic (exact) mass is 333 g/mol. The van der Waals surface area contributed by atoms with Crippen LogP contribution in [0.2, 0.25) is 0 Å². The van der Waals surface area contributed by atoms with Gasteiger partial charge in [0, 0.05) is 13.1 Å². The van der Waals surface area contributed by atoms with Crippen LogP contribution in [0.3, 0.4) is 0 Å². The Morgan fingerprint density at radius 2 is 2.00 bits per heavy atom. The number of hydrazone groups is 1. The summed E-state index contributed by atoms with van der Waals surface area (Å²) in [6.07, 6.45) is 5.43. The maximum Gasteiger partial charge on any atom is 0.329 e. The minimum absolute atomic E-state index is 0.0365. The average Bonchev–Trinajstić information content (AvgIpc) is 2.86. The molecule has 130 valence electrons. The van der Waals surface area contributed by atoms with Crippen LogP contribution >= 0.6 is 0 Å². The SMILES string of the molecule is CCOc1cc(/C=N\NC(=O)C(=O)N2CCCCCC2)ccc1O. The molecule has 0 bridgehead atoms.